The Morgan fingerprint density at radius 2 is 2.44 bits per heavy atom. The maximum absolute atomic E-state index is 11.3. The van der Waals surface area contributed by atoms with Crippen molar-refractivity contribution in [2.75, 3.05) is 18.8 Å². The lowest BCUT2D eigenvalue weighted by Crippen LogP contribution is -2.32. The first-order chi connectivity index (χ1) is 7.63. The molecule has 2 N–H and O–H groups in total. The van der Waals surface area contributed by atoms with Crippen molar-refractivity contribution in [3.63, 3.8) is 0 Å². The zero-order valence-electron chi connectivity index (χ0n) is 10.2. The third-order valence-corrected chi connectivity index (χ3v) is 3.50. The van der Waals surface area contributed by atoms with E-state index in [-0.39, 0.29) is 12.5 Å². The predicted molar refractivity (Wildman–Crippen MR) is 69.8 cm³/mol. The normalized spacial score (nSPS) is 22.5. The second kappa shape index (κ2) is 6.78. The number of hydrogen-bond donors (Lipinski definition) is 2. The van der Waals surface area contributed by atoms with Crippen molar-refractivity contribution in [1.29, 1.82) is 0 Å². The number of carbonyl (C=O) groups is 1. The highest BCUT2D eigenvalue weighted by molar-refractivity contribution is 8.14. The third-order valence-electron chi connectivity index (χ3n) is 2.45. The van der Waals surface area contributed by atoms with E-state index in [4.69, 9.17) is 0 Å². The molecule has 5 heteroatoms. The molecule has 1 saturated heterocycles. The van der Waals surface area contributed by atoms with E-state index < -0.39 is 0 Å². The van der Waals surface area contributed by atoms with E-state index in [1.165, 1.54) is 0 Å². The van der Waals surface area contributed by atoms with Crippen molar-refractivity contribution in [3.05, 3.63) is 0 Å². The van der Waals surface area contributed by atoms with Crippen molar-refractivity contribution >= 4 is 22.8 Å². The quantitative estimate of drug-likeness (QED) is 0.763. The molecule has 0 radical (unpaired) electrons. The lowest BCUT2D eigenvalue weighted by Gasteiger charge is -2.13. The summed E-state index contributed by atoms with van der Waals surface area (Å²) in [4.78, 5) is 15.6. The Morgan fingerprint density at radius 1 is 1.69 bits per heavy atom. The van der Waals surface area contributed by atoms with Crippen LogP contribution in [0.3, 0.4) is 0 Å². The van der Waals surface area contributed by atoms with E-state index in [1.807, 2.05) is 6.92 Å². The molecule has 1 aliphatic rings. The summed E-state index contributed by atoms with van der Waals surface area (Å²) in [6, 6.07) is 0.488. The fourth-order valence-electron chi connectivity index (χ4n) is 1.32. The van der Waals surface area contributed by atoms with E-state index in [0.717, 1.165) is 23.9 Å². The molecule has 1 heterocycles. The lowest BCUT2D eigenvalue weighted by molar-refractivity contribution is -0.119. The summed E-state index contributed by atoms with van der Waals surface area (Å²) in [7, 11) is 0. The Labute approximate surface area is 102 Å². The van der Waals surface area contributed by atoms with Crippen LogP contribution >= 0.6 is 11.8 Å². The first-order valence-corrected chi connectivity index (χ1v) is 6.82. The number of amides is 1. The summed E-state index contributed by atoms with van der Waals surface area (Å²) in [5.41, 5.74) is 0. The molecule has 0 aliphatic carbocycles. The van der Waals surface area contributed by atoms with Crippen LogP contribution < -0.4 is 10.6 Å². The van der Waals surface area contributed by atoms with Crippen LogP contribution in [0.5, 0.6) is 0 Å². The standard InChI is InChI=1S/C11H21N3OS/c1-4-5-12-10(15)6-13-11-14-9(7-16-11)8(2)3/h8-9H,4-7H2,1-3H3,(H,12,15)(H,13,14)/t9-/m1/s1. The number of amidine groups is 1. The molecule has 1 aliphatic heterocycles. The maximum atomic E-state index is 11.3. The van der Waals surface area contributed by atoms with E-state index in [9.17, 15) is 4.79 Å². The Hall–Kier alpha value is -0.710. The summed E-state index contributed by atoms with van der Waals surface area (Å²) < 4.78 is 0. The van der Waals surface area contributed by atoms with Crippen LogP contribution in [0.15, 0.2) is 4.99 Å². The molecule has 0 bridgehead atoms. The van der Waals surface area contributed by atoms with Crippen molar-refractivity contribution in [1.82, 2.24) is 10.6 Å². The Morgan fingerprint density at radius 3 is 3.00 bits per heavy atom. The molecule has 0 unspecified atom stereocenters. The van der Waals surface area contributed by atoms with Gasteiger partial charge < -0.3 is 10.6 Å². The molecule has 0 saturated carbocycles. The minimum Gasteiger partial charge on any atom is -0.361 e. The highest BCUT2D eigenvalue weighted by Gasteiger charge is 2.22. The molecule has 16 heavy (non-hydrogen) atoms. The maximum Gasteiger partial charge on any atom is 0.241 e. The summed E-state index contributed by atoms with van der Waals surface area (Å²) in [6.45, 7) is 7.39. The fraction of sp³-hybridized carbons (Fsp3) is 0.818. The number of aliphatic imine (C=N–C) groups is 1. The van der Waals surface area contributed by atoms with E-state index >= 15 is 0 Å². The zero-order chi connectivity index (χ0) is 12.0. The van der Waals surface area contributed by atoms with Crippen LogP contribution in [0.1, 0.15) is 27.2 Å². The Balaban J connectivity index is 2.28. The van der Waals surface area contributed by atoms with Gasteiger partial charge in [0.1, 0.15) is 6.54 Å². The van der Waals surface area contributed by atoms with Gasteiger partial charge in [-0.3, -0.25) is 9.79 Å². The lowest BCUT2D eigenvalue weighted by atomic mass is 10.1. The topological polar surface area (TPSA) is 53.5 Å². The van der Waals surface area contributed by atoms with Gasteiger partial charge in [-0.15, -0.1) is 0 Å². The van der Waals surface area contributed by atoms with E-state index in [2.05, 4.69) is 29.5 Å². The molecule has 0 aromatic carbocycles. The minimum atomic E-state index is 0.00440. The van der Waals surface area contributed by atoms with Gasteiger partial charge in [-0.05, 0) is 12.3 Å². The van der Waals surface area contributed by atoms with Gasteiger partial charge in [-0.1, -0.05) is 32.5 Å². The van der Waals surface area contributed by atoms with E-state index in [0.29, 0.717) is 12.0 Å². The van der Waals surface area contributed by atoms with Crippen LogP contribution in [0, 0.1) is 5.92 Å². The largest absolute Gasteiger partial charge is 0.361 e. The highest BCUT2D eigenvalue weighted by Crippen LogP contribution is 2.18. The first kappa shape index (κ1) is 13.4. The average Bonchev–Trinajstić information content (AvgIpc) is 2.72. The summed E-state index contributed by atoms with van der Waals surface area (Å²) in [5, 5.41) is 7.05. The van der Waals surface area contributed by atoms with Crippen LogP contribution in [0.2, 0.25) is 0 Å². The van der Waals surface area contributed by atoms with Crippen molar-refractivity contribution in [2.24, 2.45) is 10.9 Å². The van der Waals surface area contributed by atoms with Gasteiger partial charge in [0.05, 0.1) is 0 Å². The van der Waals surface area contributed by atoms with E-state index in [1.54, 1.807) is 11.8 Å². The van der Waals surface area contributed by atoms with Crippen molar-refractivity contribution in [3.8, 4) is 0 Å². The number of nitrogens with zero attached hydrogens (tertiary/aromatic N) is 1. The molecule has 1 fully saturated rings. The molecule has 0 aromatic rings. The van der Waals surface area contributed by atoms with Gasteiger partial charge >= 0.3 is 0 Å². The van der Waals surface area contributed by atoms with Crippen LogP contribution in [-0.2, 0) is 4.79 Å². The second-order valence-corrected chi connectivity index (χ2v) is 5.29. The third kappa shape index (κ3) is 4.43. The highest BCUT2D eigenvalue weighted by atomic mass is 32.2. The Bertz CT molecular complexity index is 266. The molecular formula is C11H21N3OS. The zero-order valence-corrected chi connectivity index (χ0v) is 11.1. The molecule has 1 rings (SSSR count). The monoisotopic (exact) mass is 243 g/mol. The molecular weight excluding hydrogens is 222 g/mol. The minimum absolute atomic E-state index is 0.00440. The molecule has 1 atom stereocenters. The number of nitrogens with one attached hydrogen (secondary N) is 2. The first-order valence-electron chi connectivity index (χ1n) is 5.84. The van der Waals surface area contributed by atoms with Crippen LogP contribution in [-0.4, -0.2) is 36.0 Å². The van der Waals surface area contributed by atoms with Crippen LogP contribution in [0.4, 0.5) is 0 Å². The summed E-state index contributed by atoms with van der Waals surface area (Å²) in [6.07, 6.45) is 0.963. The number of hydrogen-bond acceptors (Lipinski definition) is 3. The molecule has 4 nitrogen and oxygen atoms in total. The number of carbonyl (C=O) groups excluding carboxylic acids is 1. The molecule has 92 valence electrons. The summed E-state index contributed by atoms with van der Waals surface area (Å²) in [5.74, 6) is 1.66. The summed E-state index contributed by atoms with van der Waals surface area (Å²) >= 11 is 1.70. The van der Waals surface area contributed by atoms with Gasteiger partial charge in [0.15, 0.2) is 5.17 Å². The smallest absolute Gasteiger partial charge is 0.241 e. The Kier molecular flexibility index (Phi) is 5.66. The van der Waals surface area contributed by atoms with Crippen molar-refractivity contribution in [2.45, 2.75) is 33.2 Å². The van der Waals surface area contributed by atoms with Crippen molar-refractivity contribution < 1.29 is 4.79 Å². The molecule has 1 amide bonds. The number of thioether (sulfide) groups is 1. The number of rotatable bonds is 5. The SMILES string of the molecule is CCCNC(=O)CN=C1N[C@@H](C(C)C)CS1. The predicted octanol–water partition coefficient (Wildman–Crippen LogP) is 1.23. The molecule has 0 spiro atoms. The second-order valence-electron chi connectivity index (χ2n) is 4.28. The molecule has 0 aromatic heterocycles. The average molecular weight is 243 g/mol. The van der Waals surface area contributed by atoms with Gasteiger partial charge in [0.25, 0.3) is 0 Å². The van der Waals surface area contributed by atoms with Gasteiger partial charge in [0.2, 0.25) is 5.91 Å². The van der Waals surface area contributed by atoms with Crippen LogP contribution in [0.25, 0.3) is 0 Å². The van der Waals surface area contributed by atoms with Gasteiger partial charge in [-0.2, -0.15) is 0 Å². The van der Waals surface area contributed by atoms with Gasteiger partial charge in [-0.25, -0.2) is 0 Å². The fourth-order valence-corrected chi connectivity index (χ4v) is 2.52. The van der Waals surface area contributed by atoms with Gasteiger partial charge in [0, 0.05) is 18.3 Å².